The summed E-state index contributed by atoms with van der Waals surface area (Å²) in [5.74, 6) is 0.688. The molecule has 0 spiro atoms. The van der Waals surface area contributed by atoms with Crippen LogP contribution in [0.5, 0.6) is 5.75 Å². The molecule has 1 aromatic heterocycles. The average Bonchev–Trinajstić information content (AvgIpc) is 2.27. The second-order valence-corrected chi connectivity index (χ2v) is 3.35. The third-order valence-electron chi connectivity index (χ3n) is 2.13. The van der Waals surface area contributed by atoms with E-state index < -0.39 is 0 Å². The maximum absolute atomic E-state index is 8.91. The molecule has 4 heteroatoms. The molecule has 15 heavy (non-hydrogen) atoms. The van der Waals surface area contributed by atoms with Crippen LogP contribution in [0.25, 0.3) is 10.8 Å². The zero-order valence-electron chi connectivity index (χ0n) is 7.99. The number of ether oxygens (including phenoxy) is 1. The summed E-state index contributed by atoms with van der Waals surface area (Å²) in [6, 6.07) is 9.16. The molecule has 0 saturated heterocycles. The first-order valence-electron chi connectivity index (χ1n) is 4.29. The van der Waals surface area contributed by atoms with Gasteiger partial charge in [0.15, 0.2) is 0 Å². The first kappa shape index (κ1) is 9.75. The van der Waals surface area contributed by atoms with Crippen molar-refractivity contribution in [2.45, 2.75) is 0 Å². The summed E-state index contributed by atoms with van der Waals surface area (Å²) in [6.07, 6.45) is 0. The molecule has 0 radical (unpaired) electrons. The van der Waals surface area contributed by atoms with Gasteiger partial charge in [-0.15, -0.1) is 0 Å². The van der Waals surface area contributed by atoms with Crippen LogP contribution in [0.1, 0.15) is 5.69 Å². The molecule has 0 N–H and O–H groups in total. The quantitative estimate of drug-likeness (QED) is 0.692. The molecule has 0 atom stereocenters. The van der Waals surface area contributed by atoms with Crippen LogP contribution in [0.15, 0.2) is 24.3 Å². The van der Waals surface area contributed by atoms with Crippen molar-refractivity contribution < 1.29 is 4.74 Å². The zero-order chi connectivity index (χ0) is 10.8. The third-order valence-corrected chi connectivity index (χ3v) is 2.32. The second kappa shape index (κ2) is 3.76. The van der Waals surface area contributed by atoms with Gasteiger partial charge in [0.2, 0.25) is 0 Å². The van der Waals surface area contributed by atoms with E-state index in [1.165, 1.54) is 0 Å². The van der Waals surface area contributed by atoms with E-state index in [0.29, 0.717) is 16.6 Å². The van der Waals surface area contributed by atoms with Crippen LogP contribution >= 0.6 is 11.6 Å². The predicted octanol–water partition coefficient (Wildman–Crippen LogP) is 2.77. The highest BCUT2D eigenvalue weighted by Crippen LogP contribution is 2.28. The Morgan fingerprint density at radius 3 is 2.87 bits per heavy atom. The summed E-state index contributed by atoms with van der Waals surface area (Å²) in [5.41, 5.74) is 0.316. The summed E-state index contributed by atoms with van der Waals surface area (Å²) in [7, 11) is 1.58. The number of nitrogens with zero attached hydrogens (tertiary/aromatic N) is 2. The Kier molecular flexibility index (Phi) is 2.44. The lowest BCUT2D eigenvalue weighted by Crippen LogP contribution is -1.90. The highest BCUT2D eigenvalue weighted by Gasteiger charge is 2.07. The van der Waals surface area contributed by atoms with Crippen molar-refractivity contribution in [3.8, 4) is 11.8 Å². The lowest BCUT2D eigenvalue weighted by Gasteiger charge is -2.05. The fourth-order valence-electron chi connectivity index (χ4n) is 1.48. The van der Waals surface area contributed by atoms with E-state index in [1.807, 2.05) is 24.3 Å². The van der Waals surface area contributed by atoms with E-state index in [0.717, 1.165) is 10.8 Å². The van der Waals surface area contributed by atoms with E-state index in [4.69, 9.17) is 21.6 Å². The number of nitriles is 1. The van der Waals surface area contributed by atoms with E-state index in [1.54, 1.807) is 13.2 Å². The molecule has 0 aliphatic rings. The highest BCUT2D eigenvalue weighted by molar-refractivity contribution is 6.30. The van der Waals surface area contributed by atoms with Gasteiger partial charge in [0, 0.05) is 10.8 Å². The van der Waals surface area contributed by atoms with Gasteiger partial charge in [-0.3, -0.25) is 0 Å². The summed E-state index contributed by atoms with van der Waals surface area (Å²) in [4.78, 5) is 3.94. The van der Waals surface area contributed by atoms with Gasteiger partial charge in [-0.2, -0.15) is 5.26 Å². The summed E-state index contributed by atoms with van der Waals surface area (Å²) >= 11 is 5.81. The van der Waals surface area contributed by atoms with Gasteiger partial charge < -0.3 is 4.74 Å². The fourth-order valence-corrected chi connectivity index (χ4v) is 1.67. The van der Waals surface area contributed by atoms with Crippen molar-refractivity contribution in [3.05, 3.63) is 35.1 Å². The van der Waals surface area contributed by atoms with E-state index in [2.05, 4.69) is 4.98 Å². The number of rotatable bonds is 1. The molecule has 0 saturated carbocycles. The number of hydrogen-bond acceptors (Lipinski definition) is 3. The van der Waals surface area contributed by atoms with Crippen molar-refractivity contribution in [1.29, 1.82) is 5.26 Å². The van der Waals surface area contributed by atoms with Crippen molar-refractivity contribution in [2.24, 2.45) is 0 Å². The average molecular weight is 219 g/mol. The molecule has 2 rings (SSSR count). The minimum Gasteiger partial charge on any atom is -0.496 e. The normalized spacial score (nSPS) is 9.93. The molecule has 74 valence electrons. The molecule has 0 fully saturated rings. The number of aromatic nitrogens is 1. The molecule has 0 bridgehead atoms. The zero-order valence-corrected chi connectivity index (χ0v) is 8.75. The van der Waals surface area contributed by atoms with Gasteiger partial charge in [-0.1, -0.05) is 23.7 Å². The molecular weight excluding hydrogens is 212 g/mol. The second-order valence-electron chi connectivity index (χ2n) is 2.96. The highest BCUT2D eigenvalue weighted by atomic mass is 35.5. The Balaban J connectivity index is 2.90. The summed E-state index contributed by atoms with van der Waals surface area (Å²) < 4.78 is 5.19. The first-order valence-corrected chi connectivity index (χ1v) is 4.67. The minimum absolute atomic E-state index is 0.295. The SMILES string of the molecule is COc1cccc2c(C#N)nc(Cl)cc12. The summed E-state index contributed by atoms with van der Waals surface area (Å²) in [5, 5.41) is 10.8. The van der Waals surface area contributed by atoms with Crippen LogP contribution in [0, 0.1) is 11.3 Å². The third kappa shape index (κ3) is 1.60. The largest absolute Gasteiger partial charge is 0.496 e. The molecule has 2 aromatic rings. The molecule has 0 unspecified atom stereocenters. The van der Waals surface area contributed by atoms with Gasteiger partial charge in [-0.25, -0.2) is 4.98 Å². The Hall–Kier alpha value is -1.79. The fraction of sp³-hybridized carbons (Fsp3) is 0.0909. The number of methoxy groups -OCH3 is 1. The van der Waals surface area contributed by atoms with Gasteiger partial charge in [-0.05, 0) is 12.1 Å². The van der Waals surface area contributed by atoms with Crippen LogP contribution in [0.3, 0.4) is 0 Å². The Morgan fingerprint density at radius 2 is 2.20 bits per heavy atom. The van der Waals surface area contributed by atoms with Crippen LogP contribution in [-0.2, 0) is 0 Å². The molecule has 0 aliphatic carbocycles. The van der Waals surface area contributed by atoms with Gasteiger partial charge in [0.1, 0.15) is 22.7 Å². The standard InChI is InChI=1S/C11H7ClN2O/c1-15-10-4-2-3-7-8(10)5-11(12)14-9(7)6-13/h2-5H,1H3. The lowest BCUT2D eigenvalue weighted by molar-refractivity contribution is 0.420. The van der Waals surface area contributed by atoms with Gasteiger partial charge in [0.05, 0.1) is 7.11 Å². The summed E-state index contributed by atoms with van der Waals surface area (Å²) in [6.45, 7) is 0. The number of hydrogen-bond donors (Lipinski definition) is 0. The smallest absolute Gasteiger partial charge is 0.150 e. The van der Waals surface area contributed by atoms with Crippen LogP contribution < -0.4 is 4.74 Å². The molecule has 0 aliphatic heterocycles. The molecule has 1 aromatic carbocycles. The Morgan fingerprint density at radius 1 is 1.40 bits per heavy atom. The first-order chi connectivity index (χ1) is 7.26. The Labute approximate surface area is 91.9 Å². The van der Waals surface area contributed by atoms with E-state index >= 15 is 0 Å². The van der Waals surface area contributed by atoms with E-state index in [9.17, 15) is 0 Å². The molecule has 1 heterocycles. The van der Waals surface area contributed by atoms with E-state index in [-0.39, 0.29) is 0 Å². The van der Waals surface area contributed by atoms with Crippen molar-refractivity contribution in [3.63, 3.8) is 0 Å². The molecule has 0 amide bonds. The monoisotopic (exact) mass is 218 g/mol. The number of benzene rings is 1. The number of halogens is 1. The maximum Gasteiger partial charge on any atom is 0.150 e. The predicted molar refractivity (Wildman–Crippen MR) is 58.0 cm³/mol. The van der Waals surface area contributed by atoms with Crippen LogP contribution in [0.2, 0.25) is 5.15 Å². The molecular formula is C11H7ClN2O. The van der Waals surface area contributed by atoms with Gasteiger partial charge >= 0.3 is 0 Å². The Bertz CT molecular complexity index is 560. The lowest BCUT2D eigenvalue weighted by atomic mass is 10.1. The topological polar surface area (TPSA) is 45.9 Å². The molecule has 3 nitrogen and oxygen atoms in total. The maximum atomic E-state index is 8.91. The van der Waals surface area contributed by atoms with Crippen molar-refractivity contribution >= 4 is 22.4 Å². The number of fused-ring (bicyclic) bond motifs is 1. The van der Waals surface area contributed by atoms with Crippen LogP contribution in [0.4, 0.5) is 0 Å². The van der Waals surface area contributed by atoms with Crippen molar-refractivity contribution in [2.75, 3.05) is 7.11 Å². The van der Waals surface area contributed by atoms with Gasteiger partial charge in [0.25, 0.3) is 0 Å². The van der Waals surface area contributed by atoms with Crippen molar-refractivity contribution in [1.82, 2.24) is 4.98 Å². The minimum atomic E-state index is 0.295. The van der Waals surface area contributed by atoms with Crippen LogP contribution in [-0.4, -0.2) is 12.1 Å². The number of pyridine rings is 1.